The third-order valence-electron chi connectivity index (χ3n) is 5.34. The van der Waals surface area contributed by atoms with Crippen molar-refractivity contribution in [3.05, 3.63) is 94.0 Å². The van der Waals surface area contributed by atoms with Crippen molar-refractivity contribution in [2.75, 3.05) is 16.8 Å². The van der Waals surface area contributed by atoms with Crippen LogP contribution in [0.4, 0.5) is 24.5 Å². The van der Waals surface area contributed by atoms with Gasteiger partial charge in [0.05, 0.1) is 16.3 Å². The van der Waals surface area contributed by atoms with Crippen LogP contribution in [-0.4, -0.2) is 12.5 Å². The van der Waals surface area contributed by atoms with Crippen LogP contribution in [-0.2, 0) is 19.1 Å². The first-order chi connectivity index (χ1) is 14.8. The summed E-state index contributed by atoms with van der Waals surface area (Å²) in [6.45, 7) is 1.69. The van der Waals surface area contributed by atoms with Gasteiger partial charge in [-0.15, -0.1) is 0 Å². The smallest absolute Gasteiger partial charge is 0.367 e. The molecule has 7 heteroatoms. The number of nitrogens with zero attached hydrogens (tertiary/aromatic N) is 1. The van der Waals surface area contributed by atoms with E-state index in [1.807, 2.05) is 24.3 Å². The van der Waals surface area contributed by atoms with Crippen LogP contribution in [0.25, 0.3) is 0 Å². The lowest BCUT2D eigenvalue weighted by Gasteiger charge is -2.31. The molecular weight excluding hydrogens is 425 g/mol. The zero-order valence-electron chi connectivity index (χ0n) is 16.5. The largest absolute Gasteiger partial charge is 0.416 e. The van der Waals surface area contributed by atoms with Gasteiger partial charge < -0.3 is 10.2 Å². The van der Waals surface area contributed by atoms with Crippen LogP contribution < -0.4 is 10.2 Å². The Balaban J connectivity index is 1.46. The molecule has 0 saturated heterocycles. The van der Waals surface area contributed by atoms with E-state index in [1.165, 1.54) is 11.3 Å². The number of anilines is 2. The second-order valence-electron chi connectivity index (χ2n) is 7.50. The number of para-hydroxylation sites is 1. The van der Waals surface area contributed by atoms with Crippen molar-refractivity contribution in [2.45, 2.75) is 25.6 Å². The summed E-state index contributed by atoms with van der Waals surface area (Å²) in [5.74, 6) is -0.518. The van der Waals surface area contributed by atoms with Gasteiger partial charge in [-0.05, 0) is 60.4 Å². The van der Waals surface area contributed by atoms with Gasteiger partial charge in [-0.1, -0.05) is 41.9 Å². The summed E-state index contributed by atoms with van der Waals surface area (Å²) in [6, 6.07) is 18.2. The summed E-state index contributed by atoms with van der Waals surface area (Å²) >= 11 is 5.97. The van der Waals surface area contributed by atoms with Gasteiger partial charge >= 0.3 is 6.18 Å². The number of fused-ring (bicyclic) bond motifs is 1. The van der Waals surface area contributed by atoms with E-state index in [9.17, 15) is 18.0 Å². The van der Waals surface area contributed by atoms with Crippen molar-refractivity contribution in [1.29, 1.82) is 0 Å². The van der Waals surface area contributed by atoms with E-state index in [0.29, 0.717) is 5.56 Å². The highest BCUT2D eigenvalue weighted by Crippen LogP contribution is 2.34. The van der Waals surface area contributed by atoms with Gasteiger partial charge in [-0.3, -0.25) is 4.79 Å². The quantitative estimate of drug-likeness (QED) is 0.494. The lowest BCUT2D eigenvalue weighted by Crippen LogP contribution is -2.28. The number of aryl methyl sites for hydroxylation is 1. The standard InChI is InChI=1S/C24H20ClF3N2O/c25-20-12-11-19(24(26,27)28)14-21(20)29-23(31)18-9-7-16(8-10-18)15-30-13-3-5-17-4-1-2-6-22(17)30/h1-2,4,6-12,14H,3,5,13,15H2,(H,29,31). The molecule has 160 valence electrons. The van der Waals surface area contributed by atoms with Gasteiger partial charge in [0.1, 0.15) is 0 Å². The van der Waals surface area contributed by atoms with Gasteiger partial charge in [0.15, 0.2) is 0 Å². The summed E-state index contributed by atoms with van der Waals surface area (Å²) in [6.07, 6.45) is -2.35. The first kappa shape index (κ1) is 21.2. The minimum atomic E-state index is -4.52. The molecule has 0 saturated carbocycles. The zero-order chi connectivity index (χ0) is 22.0. The molecule has 0 aliphatic carbocycles. The number of nitrogens with one attached hydrogen (secondary N) is 1. The van der Waals surface area contributed by atoms with Crippen LogP contribution in [0.1, 0.15) is 33.5 Å². The molecule has 0 fully saturated rings. The summed E-state index contributed by atoms with van der Waals surface area (Å²) in [4.78, 5) is 14.8. The van der Waals surface area contributed by atoms with Crippen molar-refractivity contribution >= 4 is 28.9 Å². The molecule has 0 spiro atoms. The molecule has 0 bridgehead atoms. The highest BCUT2D eigenvalue weighted by atomic mass is 35.5. The van der Waals surface area contributed by atoms with E-state index >= 15 is 0 Å². The monoisotopic (exact) mass is 444 g/mol. The topological polar surface area (TPSA) is 32.3 Å². The number of amides is 1. The molecule has 0 radical (unpaired) electrons. The van der Waals surface area contributed by atoms with E-state index in [4.69, 9.17) is 11.6 Å². The highest BCUT2D eigenvalue weighted by molar-refractivity contribution is 6.34. The van der Waals surface area contributed by atoms with Crippen molar-refractivity contribution < 1.29 is 18.0 Å². The maximum absolute atomic E-state index is 12.9. The SMILES string of the molecule is O=C(Nc1cc(C(F)(F)F)ccc1Cl)c1ccc(CN2CCCc3ccccc32)cc1. The summed E-state index contributed by atoms with van der Waals surface area (Å²) in [5.41, 5.74) is 3.01. The predicted molar refractivity (Wildman–Crippen MR) is 117 cm³/mol. The molecule has 0 aromatic heterocycles. The van der Waals surface area contributed by atoms with Gasteiger partial charge in [0, 0.05) is 24.3 Å². The van der Waals surface area contributed by atoms with E-state index in [-0.39, 0.29) is 10.7 Å². The number of carbonyl (C=O) groups is 1. The number of hydrogen-bond acceptors (Lipinski definition) is 2. The Hall–Kier alpha value is -2.99. The fourth-order valence-electron chi connectivity index (χ4n) is 3.75. The molecule has 1 aliphatic rings. The van der Waals surface area contributed by atoms with Crippen molar-refractivity contribution in [3.63, 3.8) is 0 Å². The third-order valence-corrected chi connectivity index (χ3v) is 5.67. The Kier molecular flexibility index (Phi) is 5.92. The number of benzene rings is 3. The van der Waals surface area contributed by atoms with E-state index in [1.54, 1.807) is 12.1 Å². The number of rotatable bonds is 4. The molecule has 1 amide bonds. The van der Waals surface area contributed by atoms with Crippen LogP contribution in [0.15, 0.2) is 66.7 Å². The van der Waals surface area contributed by atoms with Gasteiger partial charge in [-0.25, -0.2) is 0 Å². The second-order valence-corrected chi connectivity index (χ2v) is 7.90. The Morgan fingerprint density at radius 1 is 1.03 bits per heavy atom. The molecule has 4 rings (SSSR count). The molecule has 3 aromatic carbocycles. The molecular formula is C24H20ClF3N2O. The molecule has 1 N–H and O–H groups in total. The number of hydrogen-bond donors (Lipinski definition) is 1. The maximum Gasteiger partial charge on any atom is 0.416 e. The van der Waals surface area contributed by atoms with Gasteiger partial charge in [0.25, 0.3) is 5.91 Å². The molecule has 0 unspecified atom stereocenters. The van der Waals surface area contributed by atoms with Crippen LogP contribution >= 0.6 is 11.6 Å². The van der Waals surface area contributed by atoms with Crippen LogP contribution in [0.5, 0.6) is 0 Å². The molecule has 1 heterocycles. The van der Waals surface area contributed by atoms with E-state index < -0.39 is 17.6 Å². The molecule has 31 heavy (non-hydrogen) atoms. The number of alkyl halides is 3. The average molecular weight is 445 g/mol. The highest BCUT2D eigenvalue weighted by Gasteiger charge is 2.31. The van der Waals surface area contributed by atoms with Crippen molar-refractivity contribution in [3.8, 4) is 0 Å². The second kappa shape index (κ2) is 8.63. The van der Waals surface area contributed by atoms with Crippen LogP contribution in [0, 0.1) is 0 Å². The Morgan fingerprint density at radius 2 is 1.77 bits per heavy atom. The lowest BCUT2D eigenvalue weighted by atomic mass is 10.0. The summed E-state index contributed by atoms with van der Waals surface area (Å²) in [7, 11) is 0. The lowest BCUT2D eigenvalue weighted by molar-refractivity contribution is -0.137. The first-order valence-corrected chi connectivity index (χ1v) is 10.3. The first-order valence-electron chi connectivity index (χ1n) is 9.91. The molecule has 3 aromatic rings. The molecule has 0 atom stereocenters. The fourth-order valence-corrected chi connectivity index (χ4v) is 3.91. The van der Waals surface area contributed by atoms with E-state index in [2.05, 4.69) is 22.3 Å². The zero-order valence-corrected chi connectivity index (χ0v) is 17.3. The van der Waals surface area contributed by atoms with E-state index in [0.717, 1.165) is 49.7 Å². The normalized spacial score (nSPS) is 13.6. The number of carbonyl (C=O) groups excluding carboxylic acids is 1. The fraction of sp³-hybridized carbons (Fsp3) is 0.208. The van der Waals surface area contributed by atoms with Gasteiger partial charge in [0.2, 0.25) is 0 Å². The minimum absolute atomic E-state index is 0.0433. The number of halogens is 4. The van der Waals surface area contributed by atoms with Crippen molar-refractivity contribution in [2.24, 2.45) is 0 Å². The molecule has 3 nitrogen and oxygen atoms in total. The average Bonchev–Trinajstić information content (AvgIpc) is 2.75. The van der Waals surface area contributed by atoms with Crippen molar-refractivity contribution in [1.82, 2.24) is 0 Å². The summed E-state index contributed by atoms with van der Waals surface area (Å²) in [5, 5.41) is 2.51. The molecule has 1 aliphatic heterocycles. The predicted octanol–water partition coefficient (Wildman–Crippen LogP) is 6.56. The van der Waals surface area contributed by atoms with Crippen LogP contribution in [0.3, 0.4) is 0 Å². The van der Waals surface area contributed by atoms with Gasteiger partial charge in [-0.2, -0.15) is 13.2 Å². The van der Waals surface area contributed by atoms with Crippen LogP contribution in [0.2, 0.25) is 5.02 Å². The Morgan fingerprint density at radius 3 is 2.52 bits per heavy atom. The maximum atomic E-state index is 12.9. The third kappa shape index (κ3) is 4.85. The minimum Gasteiger partial charge on any atom is -0.367 e. The summed E-state index contributed by atoms with van der Waals surface area (Å²) < 4.78 is 38.8. The Bertz CT molecular complexity index is 1100. The Labute approximate surface area is 183 Å².